The molecule has 2 aliphatic rings. The maximum Gasteiger partial charge on any atom is 0.323 e. The molecule has 0 aliphatic carbocycles. The number of carbonyl (C=O) groups is 1. The summed E-state index contributed by atoms with van der Waals surface area (Å²) >= 11 is 0. The van der Waals surface area contributed by atoms with Gasteiger partial charge in [0.1, 0.15) is 5.82 Å². The van der Waals surface area contributed by atoms with Gasteiger partial charge in [0, 0.05) is 43.6 Å². The van der Waals surface area contributed by atoms with Gasteiger partial charge < -0.3 is 4.90 Å². The highest BCUT2D eigenvalue weighted by atomic mass is 16.2. The van der Waals surface area contributed by atoms with Crippen molar-refractivity contribution in [2.45, 2.75) is 44.6 Å². The number of urea groups is 1. The average Bonchev–Trinajstić information content (AvgIpc) is 3.16. The lowest BCUT2D eigenvalue weighted by atomic mass is 9.86. The van der Waals surface area contributed by atoms with Gasteiger partial charge in [0.15, 0.2) is 0 Å². The van der Waals surface area contributed by atoms with Crippen LogP contribution in [0.5, 0.6) is 0 Å². The van der Waals surface area contributed by atoms with Gasteiger partial charge in [0.2, 0.25) is 0 Å². The number of aryl methyl sites for hydroxylation is 1. The highest BCUT2D eigenvalue weighted by molar-refractivity contribution is 5.89. The summed E-state index contributed by atoms with van der Waals surface area (Å²) in [5, 5.41) is 7.18. The molecule has 1 N–H and O–H groups in total. The van der Waals surface area contributed by atoms with Crippen LogP contribution in [0.2, 0.25) is 0 Å². The number of hydrogen-bond acceptors (Lipinski definition) is 4. The molecule has 28 heavy (non-hydrogen) atoms. The van der Waals surface area contributed by atoms with E-state index in [1.807, 2.05) is 36.5 Å². The van der Waals surface area contributed by atoms with Gasteiger partial charge in [-0.05, 0) is 63.4 Å². The molecule has 0 spiro atoms. The monoisotopic (exact) mass is 382 g/mol. The van der Waals surface area contributed by atoms with Gasteiger partial charge in [-0.2, -0.15) is 5.10 Å². The fourth-order valence-electron chi connectivity index (χ4n) is 4.38. The molecule has 2 fully saturated rings. The number of aromatic nitrogens is 3. The largest absolute Gasteiger partial charge is 0.324 e. The van der Waals surface area contributed by atoms with Crippen molar-refractivity contribution in [1.29, 1.82) is 0 Å². The molecule has 0 aromatic carbocycles. The predicted molar refractivity (Wildman–Crippen MR) is 110 cm³/mol. The Hall–Kier alpha value is -2.41. The molecular weight excluding hydrogens is 352 g/mol. The summed E-state index contributed by atoms with van der Waals surface area (Å²) < 4.78 is 1.76. The molecule has 7 nitrogen and oxygen atoms in total. The van der Waals surface area contributed by atoms with Gasteiger partial charge >= 0.3 is 6.03 Å². The number of carbonyl (C=O) groups excluding carboxylic acids is 1. The summed E-state index contributed by atoms with van der Waals surface area (Å²) in [7, 11) is 1.89. The SMILES string of the molecule is Cn1cc(-c2ccnc(NC(=O)N3CCC(C)(N4CCCCC4)CC3)c2)cn1. The van der Waals surface area contributed by atoms with Crippen LogP contribution >= 0.6 is 0 Å². The molecule has 150 valence electrons. The number of nitrogens with zero attached hydrogens (tertiary/aromatic N) is 5. The molecule has 2 saturated heterocycles. The molecule has 0 radical (unpaired) electrons. The first-order valence-electron chi connectivity index (χ1n) is 10.3. The minimum Gasteiger partial charge on any atom is -0.324 e. The molecule has 2 aliphatic heterocycles. The van der Waals surface area contributed by atoms with E-state index in [4.69, 9.17) is 0 Å². The Bertz CT molecular complexity index is 818. The van der Waals surface area contributed by atoms with Gasteiger partial charge in [-0.15, -0.1) is 0 Å². The van der Waals surface area contributed by atoms with Crippen molar-refractivity contribution >= 4 is 11.8 Å². The summed E-state index contributed by atoms with van der Waals surface area (Å²) in [5.74, 6) is 0.579. The molecule has 0 atom stereocenters. The van der Waals surface area contributed by atoms with Crippen LogP contribution in [0.4, 0.5) is 10.6 Å². The maximum atomic E-state index is 12.8. The summed E-state index contributed by atoms with van der Waals surface area (Å²) in [6.07, 6.45) is 11.5. The Labute approximate surface area is 166 Å². The van der Waals surface area contributed by atoms with Gasteiger partial charge in [0.05, 0.1) is 6.20 Å². The van der Waals surface area contributed by atoms with Crippen molar-refractivity contribution in [3.8, 4) is 11.1 Å². The maximum absolute atomic E-state index is 12.8. The van der Waals surface area contributed by atoms with E-state index in [-0.39, 0.29) is 11.6 Å². The Kier molecular flexibility index (Phi) is 5.35. The molecule has 4 heterocycles. The summed E-state index contributed by atoms with van der Waals surface area (Å²) in [6.45, 7) is 6.36. The first-order valence-corrected chi connectivity index (χ1v) is 10.3. The smallest absolute Gasteiger partial charge is 0.323 e. The highest BCUT2D eigenvalue weighted by Crippen LogP contribution is 2.31. The van der Waals surface area contributed by atoms with Gasteiger partial charge in [-0.3, -0.25) is 14.9 Å². The topological polar surface area (TPSA) is 66.3 Å². The number of likely N-dealkylation sites (tertiary alicyclic amines) is 2. The average molecular weight is 383 g/mol. The predicted octanol–water partition coefficient (Wildman–Crippen LogP) is 3.35. The second-order valence-electron chi connectivity index (χ2n) is 8.29. The van der Waals surface area contributed by atoms with E-state index in [1.165, 1.54) is 32.4 Å². The highest BCUT2D eigenvalue weighted by Gasteiger charge is 2.37. The third-order valence-corrected chi connectivity index (χ3v) is 6.28. The van der Waals surface area contributed by atoms with Gasteiger partial charge in [-0.1, -0.05) is 6.42 Å². The quantitative estimate of drug-likeness (QED) is 0.884. The lowest BCUT2D eigenvalue weighted by molar-refractivity contribution is 0.0318. The van der Waals surface area contributed by atoms with Gasteiger partial charge in [0.25, 0.3) is 0 Å². The van der Waals surface area contributed by atoms with Crippen molar-refractivity contribution in [2.75, 3.05) is 31.5 Å². The van der Waals surface area contributed by atoms with E-state index < -0.39 is 0 Å². The molecule has 2 amide bonds. The van der Waals surface area contributed by atoms with Crippen molar-refractivity contribution in [1.82, 2.24) is 24.6 Å². The van der Waals surface area contributed by atoms with Gasteiger partial charge in [-0.25, -0.2) is 9.78 Å². The first kappa shape index (κ1) is 18.9. The van der Waals surface area contributed by atoms with Crippen LogP contribution in [0.15, 0.2) is 30.7 Å². The van der Waals surface area contributed by atoms with Crippen LogP contribution in [0.25, 0.3) is 11.1 Å². The fourth-order valence-corrected chi connectivity index (χ4v) is 4.38. The molecule has 2 aromatic rings. The number of hydrogen-bond donors (Lipinski definition) is 1. The zero-order valence-corrected chi connectivity index (χ0v) is 16.9. The minimum absolute atomic E-state index is 0.0588. The number of amides is 2. The molecule has 0 bridgehead atoms. The van der Waals surface area contributed by atoms with E-state index in [0.29, 0.717) is 5.82 Å². The van der Waals surface area contributed by atoms with Crippen LogP contribution < -0.4 is 5.32 Å². The Balaban J connectivity index is 1.36. The van der Waals surface area contributed by atoms with E-state index >= 15 is 0 Å². The van der Waals surface area contributed by atoms with E-state index in [0.717, 1.165) is 37.1 Å². The molecule has 4 rings (SSSR count). The molecule has 2 aromatic heterocycles. The summed E-state index contributed by atoms with van der Waals surface area (Å²) in [6, 6.07) is 3.77. The Morgan fingerprint density at radius 3 is 2.54 bits per heavy atom. The van der Waals surface area contributed by atoms with Crippen LogP contribution in [0, 0.1) is 0 Å². The number of pyridine rings is 1. The molecule has 7 heteroatoms. The standard InChI is InChI=1S/C21H30N6O/c1-21(27-10-4-3-5-11-27)7-12-26(13-8-21)20(28)24-19-14-17(6-9-22-19)18-15-23-25(2)16-18/h6,9,14-16H,3-5,7-8,10-13H2,1-2H3,(H,22,24,28). The fraction of sp³-hybridized carbons (Fsp3) is 0.571. The molecule has 0 saturated carbocycles. The molecule has 0 unspecified atom stereocenters. The number of piperidine rings is 2. The van der Waals surface area contributed by atoms with Crippen LogP contribution in [0.3, 0.4) is 0 Å². The lowest BCUT2D eigenvalue weighted by Crippen LogP contribution is -2.56. The second-order valence-corrected chi connectivity index (χ2v) is 8.29. The van der Waals surface area contributed by atoms with Crippen LogP contribution in [0.1, 0.15) is 39.0 Å². The van der Waals surface area contributed by atoms with Crippen LogP contribution in [-0.4, -0.2) is 62.3 Å². The van der Waals surface area contributed by atoms with Crippen LogP contribution in [-0.2, 0) is 7.05 Å². The van der Waals surface area contributed by atoms with Crippen molar-refractivity contribution in [3.05, 3.63) is 30.7 Å². The first-order chi connectivity index (χ1) is 13.5. The third-order valence-electron chi connectivity index (χ3n) is 6.28. The van der Waals surface area contributed by atoms with Crippen molar-refractivity contribution < 1.29 is 4.79 Å². The second kappa shape index (κ2) is 7.91. The normalized spacial score (nSPS) is 20.1. The Morgan fingerprint density at radius 1 is 1.11 bits per heavy atom. The summed E-state index contributed by atoms with van der Waals surface area (Å²) in [4.78, 5) is 21.6. The minimum atomic E-state index is -0.0588. The summed E-state index contributed by atoms with van der Waals surface area (Å²) in [5.41, 5.74) is 2.24. The lowest BCUT2D eigenvalue weighted by Gasteiger charge is -2.48. The van der Waals surface area contributed by atoms with E-state index in [9.17, 15) is 4.79 Å². The van der Waals surface area contributed by atoms with E-state index in [2.05, 4.69) is 27.2 Å². The number of rotatable bonds is 3. The number of nitrogens with one attached hydrogen (secondary N) is 1. The zero-order chi connectivity index (χ0) is 19.6. The Morgan fingerprint density at radius 2 is 1.86 bits per heavy atom. The number of anilines is 1. The zero-order valence-electron chi connectivity index (χ0n) is 16.9. The van der Waals surface area contributed by atoms with Crippen molar-refractivity contribution in [3.63, 3.8) is 0 Å². The van der Waals surface area contributed by atoms with Crippen molar-refractivity contribution in [2.24, 2.45) is 7.05 Å². The third kappa shape index (κ3) is 4.04. The molecular formula is C21H30N6O. The van der Waals surface area contributed by atoms with E-state index in [1.54, 1.807) is 10.9 Å².